The first-order valence-electron chi connectivity index (χ1n) is 7.08. The molecule has 0 fully saturated rings. The fourth-order valence-electron chi connectivity index (χ4n) is 1.83. The van der Waals surface area contributed by atoms with Crippen molar-refractivity contribution in [3.8, 4) is 0 Å². The number of unbranched alkanes of at least 4 members (excludes halogenated alkanes) is 1. The van der Waals surface area contributed by atoms with Crippen LogP contribution in [0.15, 0.2) is 42.5 Å². The molecule has 0 bridgehead atoms. The predicted octanol–water partition coefficient (Wildman–Crippen LogP) is 2.89. The minimum Gasteiger partial charge on any atom is -0.258 e. The van der Waals surface area contributed by atoms with Gasteiger partial charge in [0.15, 0.2) is 0 Å². The molecule has 2 atom stereocenters. The summed E-state index contributed by atoms with van der Waals surface area (Å²) in [7, 11) is 0. The maximum Gasteiger partial charge on any atom is 1.00 e. The van der Waals surface area contributed by atoms with Crippen LogP contribution in [0.25, 0.3) is 0 Å². The zero-order valence-electron chi connectivity index (χ0n) is 13.6. The van der Waals surface area contributed by atoms with E-state index >= 15 is 0 Å². The molecule has 0 spiro atoms. The molecule has 0 aliphatic carbocycles. The van der Waals surface area contributed by atoms with Gasteiger partial charge >= 0.3 is 58.2 Å². The standard InChI is InChI=1S/C18H29.Rb/c1-7-9-11-15(3)17(5)13-14-18(6)16(4)12-10-8-2;/h9,11,13,16,18H,1,3,8,10,12,14H2,2,4-6H3;/q-1;+1/b11-9-,17-13+;. The van der Waals surface area contributed by atoms with Crippen molar-refractivity contribution < 1.29 is 58.2 Å². The summed E-state index contributed by atoms with van der Waals surface area (Å²) in [5.41, 5.74) is 2.32. The van der Waals surface area contributed by atoms with Crippen LogP contribution in [0.3, 0.4) is 0 Å². The van der Waals surface area contributed by atoms with E-state index in [1.807, 2.05) is 12.2 Å². The first kappa shape index (κ1) is 22.1. The van der Waals surface area contributed by atoms with Gasteiger partial charge < -0.3 is 0 Å². The van der Waals surface area contributed by atoms with Gasteiger partial charge in [0.2, 0.25) is 0 Å². The van der Waals surface area contributed by atoms with Crippen LogP contribution in [-0.4, -0.2) is 0 Å². The van der Waals surface area contributed by atoms with Crippen molar-refractivity contribution in [3.05, 3.63) is 48.6 Å². The zero-order chi connectivity index (χ0) is 14.0. The third-order valence-corrected chi connectivity index (χ3v) is 3.69. The van der Waals surface area contributed by atoms with Crippen LogP contribution in [0.5, 0.6) is 0 Å². The van der Waals surface area contributed by atoms with Crippen LogP contribution in [0, 0.1) is 17.9 Å². The Morgan fingerprint density at radius 1 is 1.26 bits per heavy atom. The van der Waals surface area contributed by atoms with Crippen molar-refractivity contribution in [2.75, 3.05) is 0 Å². The number of hydrogen-bond acceptors (Lipinski definition) is 0. The molecule has 0 aromatic carbocycles. The van der Waals surface area contributed by atoms with Crippen LogP contribution in [-0.2, 0) is 0 Å². The normalized spacial score (nSPS) is 14.8. The summed E-state index contributed by atoms with van der Waals surface area (Å²) in [5.74, 6) is 1.55. The summed E-state index contributed by atoms with van der Waals surface area (Å²) in [6, 6.07) is 0. The topological polar surface area (TPSA) is 0 Å². The first-order valence-corrected chi connectivity index (χ1v) is 7.08. The summed E-state index contributed by atoms with van der Waals surface area (Å²) in [5, 5.41) is 0. The van der Waals surface area contributed by atoms with Gasteiger partial charge in [-0.2, -0.15) is 6.58 Å². The van der Waals surface area contributed by atoms with Crippen molar-refractivity contribution in [2.24, 2.45) is 11.8 Å². The quantitative estimate of drug-likeness (QED) is 0.450. The summed E-state index contributed by atoms with van der Waals surface area (Å²) < 4.78 is 0. The summed E-state index contributed by atoms with van der Waals surface area (Å²) >= 11 is 0. The average molecular weight is 331 g/mol. The fourth-order valence-corrected chi connectivity index (χ4v) is 1.83. The molecule has 0 heterocycles. The van der Waals surface area contributed by atoms with E-state index in [0.717, 1.165) is 23.8 Å². The van der Waals surface area contributed by atoms with Gasteiger partial charge in [-0.25, -0.2) is 12.2 Å². The maximum atomic E-state index is 4.04. The predicted molar refractivity (Wildman–Crippen MR) is 83.4 cm³/mol. The van der Waals surface area contributed by atoms with E-state index in [1.54, 1.807) is 0 Å². The van der Waals surface area contributed by atoms with Gasteiger partial charge in [-0.05, 0) is 25.2 Å². The van der Waals surface area contributed by atoms with Crippen LogP contribution in [0.1, 0.15) is 53.4 Å². The monoisotopic (exact) mass is 330 g/mol. The molecule has 2 unspecified atom stereocenters. The van der Waals surface area contributed by atoms with Gasteiger partial charge in [-0.3, -0.25) is 6.08 Å². The number of hydrogen-bond donors (Lipinski definition) is 0. The van der Waals surface area contributed by atoms with Gasteiger partial charge in [0.1, 0.15) is 0 Å². The maximum absolute atomic E-state index is 4.04. The Morgan fingerprint density at radius 3 is 2.42 bits per heavy atom. The van der Waals surface area contributed by atoms with Gasteiger partial charge in [0.05, 0.1) is 0 Å². The van der Waals surface area contributed by atoms with E-state index in [2.05, 4.69) is 53.0 Å². The van der Waals surface area contributed by atoms with Crippen molar-refractivity contribution >= 4 is 0 Å². The fraction of sp³-hybridized carbons (Fsp3) is 0.556. The molecule has 0 aliphatic rings. The van der Waals surface area contributed by atoms with Crippen LogP contribution in [0.4, 0.5) is 0 Å². The molecule has 0 N–H and O–H groups in total. The van der Waals surface area contributed by atoms with Gasteiger partial charge in [0, 0.05) is 0 Å². The molecule has 0 amide bonds. The Labute approximate surface area is 169 Å². The Hall–Kier alpha value is 0.765. The molecule has 19 heavy (non-hydrogen) atoms. The molecule has 0 saturated heterocycles. The molecule has 0 rings (SSSR count). The molecule has 1 heteroatoms. The van der Waals surface area contributed by atoms with Crippen molar-refractivity contribution in [3.63, 3.8) is 0 Å². The van der Waals surface area contributed by atoms with Crippen LogP contribution < -0.4 is 58.2 Å². The minimum absolute atomic E-state index is 0. The number of allylic oxidation sites excluding steroid dienone is 6. The molecular weight excluding hydrogens is 302 g/mol. The molecule has 0 aliphatic heterocycles. The third-order valence-electron chi connectivity index (χ3n) is 3.69. The molecule has 102 valence electrons. The minimum atomic E-state index is 0. The number of rotatable bonds is 9. The smallest absolute Gasteiger partial charge is 0.258 e. The van der Waals surface area contributed by atoms with E-state index in [9.17, 15) is 0 Å². The summed E-state index contributed by atoms with van der Waals surface area (Å²) in [6.45, 7) is 16.7. The molecule has 0 aromatic heterocycles. The second-order valence-electron chi connectivity index (χ2n) is 5.28. The average Bonchev–Trinajstić information content (AvgIpc) is 2.38. The van der Waals surface area contributed by atoms with Crippen LogP contribution >= 0.6 is 0 Å². The molecule has 0 aromatic rings. The Kier molecular flexibility index (Phi) is 15.9. The first-order chi connectivity index (χ1) is 8.52. The third kappa shape index (κ3) is 11.1. The molecule has 0 radical (unpaired) electrons. The van der Waals surface area contributed by atoms with E-state index in [-0.39, 0.29) is 58.2 Å². The second-order valence-corrected chi connectivity index (χ2v) is 5.28. The van der Waals surface area contributed by atoms with Crippen molar-refractivity contribution in [1.29, 1.82) is 0 Å². The Morgan fingerprint density at radius 2 is 1.89 bits per heavy atom. The largest absolute Gasteiger partial charge is 1.00 e. The van der Waals surface area contributed by atoms with Crippen LogP contribution in [0.2, 0.25) is 0 Å². The van der Waals surface area contributed by atoms with Crippen molar-refractivity contribution in [1.82, 2.24) is 0 Å². The van der Waals surface area contributed by atoms with E-state index in [0.29, 0.717) is 0 Å². The summed E-state index contributed by atoms with van der Waals surface area (Å²) in [4.78, 5) is 0. The SMILES string of the molecule is C=[C-]/C=C\C(=C)/C(C)=C/CC(C)C(C)CCCC.[Rb+]. The van der Waals surface area contributed by atoms with E-state index in [4.69, 9.17) is 0 Å². The van der Waals surface area contributed by atoms with E-state index < -0.39 is 0 Å². The molecule has 0 saturated carbocycles. The summed E-state index contributed by atoms with van der Waals surface area (Å²) in [6.07, 6.45) is 14.0. The van der Waals surface area contributed by atoms with Crippen molar-refractivity contribution in [2.45, 2.75) is 53.4 Å². The zero-order valence-corrected chi connectivity index (χ0v) is 18.5. The van der Waals surface area contributed by atoms with E-state index in [1.165, 1.54) is 24.8 Å². The van der Waals surface area contributed by atoms with Gasteiger partial charge in [-0.15, -0.1) is 12.2 Å². The molecular formula is C18H29Rb. The second kappa shape index (κ2) is 13.7. The van der Waals surface area contributed by atoms with Gasteiger partial charge in [-0.1, -0.05) is 51.7 Å². The molecule has 0 nitrogen and oxygen atoms in total. The van der Waals surface area contributed by atoms with Gasteiger partial charge in [0.25, 0.3) is 0 Å². The Balaban J connectivity index is 0. The Bertz CT molecular complexity index is 310.